The van der Waals surface area contributed by atoms with Crippen LogP contribution in [0.4, 0.5) is 11.5 Å². The molecule has 4 rings (SSSR count). The molecule has 5 heteroatoms. The summed E-state index contributed by atoms with van der Waals surface area (Å²) in [5.74, 6) is 0.860. The third-order valence-electron chi connectivity index (χ3n) is 5.31. The van der Waals surface area contributed by atoms with Gasteiger partial charge in [-0.05, 0) is 24.6 Å². The van der Waals surface area contributed by atoms with Gasteiger partial charge >= 0.3 is 0 Å². The first-order valence-corrected chi connectivity index (χ1v) is 9.23. The fourth-order valence-electron chi connectivity index (χ4n) is 3.68. The number of nitrogens with zero attached hydrogens (tertiary/aromatic N) is 2. The largest absolute Gasteiger partial charge is 0.380 e. The Bertz CT molecular complexity index is 898. The molecule has 1 aliphatic carbocycles. The molecule has 1 aromatic carbocycles. The second kappa shape index (κ2) is 7.26. The van der Waals surface area contributed by atoms with E-state index >= 15 is 0 Å². The minimum Gasteiger partial charge on any atom is -0.380 e. The first-order valence-electron chi connectivity index (χ1n) is 9.23. The molecule has 0 amide bonds. The van der Waals surface area contributed by atoms with Crippen molar-refractivity contribution in [2.75, 3.05) is 17.2 Å². The predicted octanol–water partition coefficient (Wildman–Crippen LogP) is 3.64. The Labute approximate surface area is 159 Å². The van der Waals surface area contributed by atoms with Gasteiger partial charge in [0, 0.05) is 18.8 Å². The minimum atomic E-state index is -0.583. The third-order valence-corrected chi connectivity index (χ3v) is 5.31. The lowest BCUT2D eigenvalue weighted by Gasteiger charge is -2.39. The van der Waals surface area contributed by atoms with E-state index in [1.54, 1.807) is 6.20 Å². The number of aromatic nitrogens is 1. The molecule has 136 valence electrons. The van der Waals surface area contributed by atoms with E-state index in [0.717, 1.165) is 18.1 Å². The summed E-state index contributed by atoms with van der Waals surface area (Å²) < 4.78 is 0. The average molecular weight is 357 g/mol. The van der Waals surface area contributed by atoms with Crippen LogP contribution in [0.5, 0.6) is 0 Å². The van der Waals surface area contributed by atoms with Crippen molar-refractivity contribution in [1.29, 1.82) is 5.26 Å². The van der Waals surface area contributed by atoms with Gasteiger partial charge in [-0.3, -0.25) is 0 Å². The van der Waals surface area contributed by atoms with Crippen LogP contribution < -0.4 is 16.0 Å². The Morgan fingerprint density at radius 2 is 2.07 bits per heavy atom. The van der Waals surface area contributed by atoms with Crippen molar-refractivity contribution >= 4 is 11.5 Å². The van der Waals surface area contributed by atoms with Crippen molar-refractivity contribution in [3.8, 4) is 6.07 Å². The first-order chi connectivity index (χ1) is 13.2. The summed E-state index contributed by atoms with van der Waals surface area (Å²) in [5, 5.41) is 20.5. The summed E-state index contributed by atoms with van der Waals surface area (Å²) in [6.07, 6.45) is 9.78. The molecule has 4 atom stereocenters. The highest BCUT2D eigenvalue weighted by atomic mass is 15.2. The Balaban J connectivity index is 1.64. The van der Waals surface area contributed by atoms with E-state index in [-0.39, 0.29) is 18.1 Å². The van der Waals surface area contributed by atoms with Crippen molar-refractivity contribution in [1.82, 2.24) is 10.3 Å². The zero-order chi connectivity index (χ0) is 18.7. The molecule has 1 aliphatic heterocycles. The SMILES string of the molecule is CC1(C#N)C=CC=CC1N[C@@H](c1ccccc1)[C@@H]1CNc2cccnc2N1. The van der Waals surface area contributed by atoms with Gasteiger partial charge in [-0.25, -0.2) is 4.98 Å². The number of hydrogen-bond acceptors (Lipinski definition) is 5. The molecule has 3 N–H and O–H groups in total. The van der Waals surface area contributed by atoms with E-state index in [2.05, 4.69) is 45.2 Å². The zero-order valence-electron chi connectivity index (χ0n) is 15.3. The molecule has 2 aliphatic rings. The molecule has 0 saturated heterocycles. The van der Waals surface area contributed by atoms with Crippen molar-refractivity contribution in [3.63, 3.8) is 0 Å². The highest BCUT2D eigenvalue weighted by Crippen LogP contribution is 2.32. The molecule has 0 bridgehead atoms. The second-order valence-corrected chi connectivity index (χ2v) is 7.20. The van der Waals surface area contributed by atoms with Gasteiger partial charge in [-0.1, -0.05) is 54.6 Å². The maximum absolute atomic E-state index is 9.73. The van der Waals surface area contributed by atoms with Crippen LogP contribution >= 0.6 is 0 Å². The van der Waals surface area contributed by atoms with Crippen LogP contribution in [-0.2, 0) is 0 Å². The first kappa shape index (κ1) is 17.3. The van der Waals surface area contributed by atoms with Crippen LogP contribution in [0.1, 0.15) is 18.5 Å². The summed E-state index contributed by atoms with van der Waals surface area (Å²) in [6, 6.07) is 16.8. The van der Waals surface area contributed by atoms with E-state index in [9.17, 15) is 5.26 Å². The van der Waals surface area contributed by atoms with Crippen molar-refractivity contribution < 1.29 is 0 Å². The lowest BCUT2D eigenvalue weighted by atomic mass is 9.79. The van der Waals surface area contributed by atoms with Crippen LogP contribution in [0, 0.1) is 16.7 Å². The van der Waals surface area contributed by atoms with Gasteiger partial charge in [0.25, 0.3) is 0 Å². The van der Waals surface area contributed by atoms with Gasteiger partial charge in [-0.2, -0.15) is 5.26 Å². The van der Waals surface area contributed by atoms with E-state index in [0.29, 0.717) is 0 Å². The summed E-state index contributed by atoms with van der Waals surface area (Å²) in [5.41, 5.74) is 1.61. The second-order valence-electron chi connectivity index (χ2n) is 7.20. The minimum absolute atomic E-state index is 0.0164. The highest BCUT2D eigenvalue weighted by Gasteiger charge is 2.36. The van der Waals surface area contributed by atoms with Crippen LogP contribution in [0.25, 0.3) is 0 Å². The Morgan fingerprint density at radius 1 is 1.22 bits per heavy atom. The van der Waals surface area contributed by atoms with Crippen LogP contribution in [0.15, 0.2) is 73.0 Å². The maximum Gasteiger partial charge on any atom is 0.149 e. The fourth-order valence-corrected chi connectivity index (χ4v) is 3.68. The topological polar surface area (TPSA) is 72.8 Å². The molecule has 1 aromatic heterocycles. The number of nitriles is 1. The van der Waals surface area contributed by atoms with E-state index in [1.165, 1.54) is 5.56 Å². The molecule has 0 saturated carbocycles. The van der Waals surface area contributed by atoms with E-state index in [4.69, 9.17) is 0 Å². The summed E-state index contributed by atoms with van der Waals surface area (Å²) in [7, 11) is 0. The van der Waals surface area contributed by atoms with Crippen LogP contribution in [0.2, 0.25) is 0 Å². The average Bonchev–Trinajstić information content (AvgIpc) is 2.73. The molecule has 2 unspecified atom stereocenters. The van der Waals surface area contributed by atoms with Gasteiger partial charge in [-0.15, -0.1) is 0 Å². The van der Waals surface area contributed by atoms with Gasteiger partial charge in [0.2, 0.25) is 0 Å². The number of allylic oxidation sites excluding steroid dienone is 2. The predicted molar refractivity (Wildman–Crippen MR) is 108 cm³/mol. The van der Waals surface area contributed by atoms with Crippen LogP contribution in [0.3, 0.4) is 0 Å². The Morgan fingerprint density at radius 3 is 2.89 bits per heavy atom. The zero-order valence-corrected chi connectivity index (χ0v) is 15.3. The van der Waals surface area contributed by atoms with E-state index < -0.39 is 5.41 Å². The van der Waals surface area contributed by atoms with E-state index in [1.807, 2.05) is 55.5 Å². The number of rotatable bonds is 4. The molecule has 27 heavy (non-hydrogen) atoms. The fraction of sp³-hybridized carbons (Fsp3) is 0.273. The number of hydrogen-bond donors (Lipinski definition) is 3. The van der Waals surface area contributed by atoms with Gasteiger partial charge in [0.05, 0.1) is 29.3 Å². The number of benzene rings is 1. The molecule has 2 aromatic rings. The van der Waals surface area contributed by atoms with Crippen LogP contribution in [-0.4, -0.2) is 23.6 Å². The molecule has 0 radical (unpaired) electrons. The molecule has 0 fully saturated rings. The molecular weight excluding hydrogens is 334 g/mol. The Kier molecular flexibility index (Phi) is 4.66. The van der Waals surface area contributed by atoms with Gasteiger partial charge in [0.1, 0.15) is 5.82 Å². The number of fused-ring (bicyclic) bond motifs is 1. The smallest absolute Gasteiger partial charge is 0.149 e. The number of pyridine rings is 1. The lowest BCUT2D eigenvalue weighted by Crippen LogP contribution is -2.50. The molecule has 2 heterocycles. The number of nitrogens with one attached hydrogen (secondary N) is 3. The normalized spacial score (nSPS) is 27.0. The van der Waals surface area contributed by atoms with Gasteiger partial charge < -0.3 is 16.0 Å². The molecule has 0 spiro atoms. The summed E-state index contributed by atoms with van der Waals surface area (Å²) in [4.78, 5) is 4.46. The standard InChI is InChI=1S/C22H23N5/c1-22(15-23)12-6-5-11-19(22)27-20(16-8-3-2-4-9-16)18-14-25-17-10-7-13-24-21(17)26-18/h2-13,18-20,25,27H,14H2,1H3,(H,24,26)/t18-,19?,20-,22?/m0/s1. The highest BCUT2D eigenvalue weighted by molar-refractivity contribution is 5.67. The van der Waals surface area contributed by atoms with Crippen molar-refractivity contribution in [3.05, 3.63) is 78.5 Å². The summed E-state index contributed by atoms with van der Waals surface area (Å²) >= 11 is 0. The van der Waals surface area contributed by atoms with Crippen molar-refractivity contribution in [2.24, 2.45) is 5.41 Å². The Hall–Kier alpha value is -3.10. The summed E-state index contributed by atoms with van der Waals surface area (Å²) in [6.45, 7) is 2.73. The maximum atomic E-state index is 9.73. The third kappa shape index (κ3) is 3.44. The van der Waals surface area contributed by atoms with Gasteiger partial charge in [0.15, 0.2) is 0 Å². The lowest BCUT2D eigenvalue weighted by molar-refractivity contribution is 0.346. The molecule has 5 nitrogen and oxygen atoms in total. The monoisotopic (exact) mass is 357 g/mol. The quantitative estimate of drug-likeness (QED) is 0.779. The van der Waals surface area contributed by atoms with Crippen molar-refractivity contribution in [2.45, 2.75) is 25.0 Å². The number of anilines is 2. The molecular formula is C22H23N5.